The van der Waals surface area contributed by atoms with E-state index in [4.69, 9.17) is 41.2 Å². The molecule has 0 fully saturated rings. The van der Waals surface area contributed by atoms with Crippen LogP contribution < -0.4 is 16.4 Å². The van der Waals surface area contributed by atoms with Crippen molar-refractivity contribution < 1.29 is 4.39 Å². The van der Waals surface area contributed by atoms with Crippen molar-refractivity contribution in [1.82, 2.24) is 0 Å². The average molecular weight is 330 g/mol. The second-order valence-corrected chi connectivity index (χ2v) is 5.23. The van der Waals surface area contributed by atoms with Crippen molar-refractivity contribution in [3.8, 4) is 0 Å². The Morgan fingerprint density at radius 2 is 1.85 bits per heavy atom. The zero-order valence-electron chi connectivity index (χ0n) is 10.1. The van der Waals surface area contributed by atoms with Gasteiger partial charge in [-0.25, -0.2) is 4.39 Å². The van der Waals surface area contributed by atoms with E-state index in [9.17, 15) is 4.39 Å². The predicted octanol–water partition coefficient (Wildman–Crippen LogP) is 4.52. The summed E-state index contributed by atoms with van der Waals surface area (Å²) in [5, 5.41) is 6.93. The Morgan fingerprint density at radius 1 is 1.10 bits per heavy atom. The van der Waals surface area contributed by atoms with Crippen LogP contribution in [-0.2, 0) is 0 Å². The van der Waals surface area contributed by atoms with E-state index < -0.39 is 5.82 Å². The molecule has 20 heavy (non-hydrogen) atoms. The molecule has 2 rings (SSSR count). The van der Waals surface area contributed by atoms with Crippen molar-refractivity contribution in [3.05, 3.63) is 52.3 Å². The fraction of sp³-hybridized carbons (Fsp3) is 0. The number of anilines is 3. The minimum atomic E-state index is -0.445. The van der Waals surface area contributed by atoms with E-state index in [-0.39, 0.29) is 5.11 Å². The van der Waals surface area contributed by atoms with Gasteiger partial charge in [0, 0.05) is 16.4 Å². The molecule has 0 saturated carbocycles. The van der Waals surface area contributed by atoms with Crippen molar-refractivity contribution >= 4 is 57.6 Å². The molecule has 0 saturated heterocycles. The van der Waals surface area contributed by atoms with Crippen molar-refractivity contribution in [2.45, 2.75) is 0 Å². The number of nitrogens with one attached hydrogen (secondary N) is 2. The number of benzene rings is 2. The summed E-state index contributed by atoms with van der Waals surface area (Å²) in [4.78, 5) is 0. The molecule has 4 N–H and O–H groups in total. The number of thiocarbonyl (C=S) groups is 1. The monoisotopic (exact) mass is 329 g/mol. The average Bonchev–Trinajstić information content (AvgIpc) is 2.31. The minimum absolute atomic E-state index is 0.263. The van der Waals surface area contributed by atoms with Gasteiger partial charge in [0.1, 0.15) is 5.82 Å². The van der Waals surface area contributed by atoms with E-state index in [1.54, 1.807) is 24.3 Å². The van der Waals surface area contributed by atoms with Crippen LogP contribution in [0.15, 0.2) is 36.4 Å². The SMILES string of the molecule is Nc1cc(F)cc(NC(=S)Nc2ccc(Cl)cc2Cl)c1. The molecule has 2 aromatic rings. The fourth-order valence-electron chi connectivity index (χ4n) is 1.56. The standard InChI is InChI=1S/C13H10Cl2FN3S/c14-7-1-2-12(11(15)3-7)19-13(20)18-10-5-8(16)4-9(17)6-10/h1-6H,17H2,(H2,18,19,20). The highest BCUT2D eigenvalue weighted by Gasteiger charge is 2.05. The number of halogens is 3. The van der Waals surface area contributed by atoms with Crippen molar-refractivity contribution in [2.75, 3.05) is 16.4 Å². The third-order valence-corrected chi connectivity index (χ3v) is 3.11. The number of nitrogens with two attached hydrogens (primary N) is 1. The molecular formula is C13H10Cl2FN3S. The fourth-order valence-corrected chi connectivity index (χ4v) is 2.24. The van der Waals surface area contributed by atoms with Crippen LogP contribution in [0.25, 0.3) is 0 Å². The second kappa shape index (κ2) is 6.26. The number of nitrogen functional groups attached to an aromatic ring is 1. The summed E-state index contributed by atoms with van der Waals surface area (Å²) in [6, 6.07) is 9.04. The molecule has 2 aromatic carbocycles. The number of hydrogen-bond acceptors (Lipinski definition) is 2. The summed E-state index contributed by atoms with van der Waals surface area (Å²) >= 11 is 16.9. The molecule has 0 unspecified atom stereocenters. The largest absolute Gasteiger partial charge is 0.399 e. The topological polar surface area (TPSA) is 50.1 Å². The van der Waals surface area contributed by atoms with Gasteiger partial charge in [-0.15, -0.1) is 0 Å². The van der Waals surface area contributed by atoms with E-state index >= 15 is 0 Å². The van der Waals surface area contributed by atoms with Gasteiger partial charge in [-0.1, -0.05) is 23.2 Å². The lowest BCUT2D eigenvalue weighted by molar-refractivity contribution is 0.629. The maximum atomic E-state index is 13.2. The predicted molar refractivity (Wildman–Crippen MR) is 87.1 cm³/mol. The molecule has 104 valence electrons. The quantitative estimate of drug-likeness (QED) is 0.560. The third-order valence-electron chi connectivity index (χ3n) is 2.36. The second-order valence-electron chi connectivity index (χ2n) is 3.98. The highest BCUT2D eigenvalue weighted by atomic mass is 35.5. The Bertz CT molecular complexity index is 644. The van der Waals surface area contributed by atoms with Crippen LogP contribution in [0.3, 0.4) is 0 Å². The van der Waals surface area contributed by atoms with Crippen molar-refractivity contribution in [2.24, 2.45) is 0 Å². The van der Waals surface area contributed by atoms with Crippen LogP contribution in [0.1, 0.15) is 0 Å². The van der Waals surface area contributed by atoms with Crippen molar-refractivity contribution in [1.29, 1.82) is 0 Å². The van der Waals surface area contributed by atoms with E-state index in [1.807, 2.05) is 0 Å². The van der Waals surface area contributed by atoms with Gasteiger partial charge < -0.3 is 16.4 Å². The van der Waals surface area contributed by atoms with Crippen LogP contribution in [0.2, 0.25) is 10.0 Å². The molecule has 3 nitrogen and oxygen atoms in total. The Morgan fingerprint density at radius 3 is 2.50 bits per heavy atom. The summed E-state index contributed by atoms with van der Waals surface area (Å²) < 4.78 is 13.2. The smallest absolute Gasteiger partial charge is 0.175 e. The van der Waals surface area contributed by atoms with Crippen LogP contribution in [0.4, 0.5) is 21.5 Å². The molecule has 0 atom stereocenters. The van der Waals surface area contributed by atoms with Gasteiger partial charge in [-0.3, -0.25) is 0 Å². The van der Waals surface area contributed by atoms with Gasteiger partial charge in [0.25, 0.3) is 0 Å². The number of rotatable bonds is 2. The lowest BCUT2D eigenvalue weighted by Gasteiger charge is -2.12. The summed E-state index contributed by atoms with van der Waals surface area (Å²) in [5.41, 5.74) is 6.90. The molecule has 0 heterocycles. The summed E-state index contributed by atoms with van der Waals surface area (Å²) in [6.07, 6.45) is 0. The first-order valence-electron chi connectivity index (χ1n) is 5.53. The molecule has 0 amide bonds. The van der Waals surface area contributed by atoms with E-state index in [0.717, 1.165) is 0 Å². The van der Waals surface area contributed by atoms with Crippen LogP contribution in [0.5, 0.6) is 0 Å². The summed E-state index contributed by atoms with van der Waals surface area (Å²) in [7, 11) is 0. The molecule has 7 heteroatoms. The van der Waals surface area contributed by atoms with Crippen molar-refractivity contribution in [3.63, 3.8) is 0 Å². The Labute approximate surface area is 130 Å². The zero-order valence-corrected chi connectivity index (χ0v) is 12.4. The Hall–Kier alpha value is -1.56. The first-order chi connectivity index (χ1) is 9.44. The normalized spacial score (nSPS) is 10.2. The highest BCUT2D eigenvalue weighted by Crippen LogP contribution is 2.25. The first kappa shape index (κ1) is 14.8. The van der Waals surface area contributed by atoms with E-state index in [0.29, 0.717) is 27.1 Å². The molecule has 0 aliphatic heterocycles. The highest BCUT2D eigenvalue weighted by molar-refractivity contribution is 7.80. The van der Waals surface area contributed by atoms with Gasteiger partial charge in [0.15, 0.2) is 5.11 Å². The van der Waals surface area contributed by atoms with Gasteiger partial charge in [-0.2, -0.15) is 0 Å². The maximum Gasteiger partial charge on any atom is 0.175 e. The molecule has 0 bridgehead atoms. The molecule has 0 spiro atoms. The molecule has 0 aliphatic rings. The maximum absolute atomic E-state index is 13.2. The Kier molecular flexibility index (Phi) is 4.65. The van der Waals surface area contributed by atoms with Gasteiger partial charge >= 0.3 is 0 Å². The Balaban J connectivity index is 2.09. The van der Waals surface area contributed by atoms with Crippen LogP contribution >= 0.6 is 35.4 Å². The molecule has 0 aliphatic carbocycles. The van der Waals surface area contributed by atoms with E-state index in [2.05, 4.69) is 10.6 Å². The summed E-state index contributed by atoms with van der Waals surface area (Å²) in [6.45, 7) is 0. The van der Waals surface area contributed by atoms with Crippen LogP contribution in [-0.4, -0.2) is 5.11 Å². The van der Waals surface area contributed by atoms with Gasteiger partial charge in [0.05, 0.1) is 10.7 Å². The van der Waals surface area contributed by atoms with E-state index in [1.165, 1.54) is 12.1 Å². The van der Waals surface area contributed by atoms with Gasteiger partial charge in [-0.05, 0) is 48.6 Å². The lowest BCUT2D eigenvalue weighted by atomic mass is 10.3. The molecular weight excluding hydrogens is 320 g/mol. The minimum Gasteiger partial charge on any atom is -0.399 e. The zero-order chi connectivity index (χ0) is 14.7. The molecule has 0 aromatic heterocycles. The third kappa shape index (κ3) is 3.96. The lowest BCUT2D eigenvalue weighted by Crippen LogP contribution is -2.19. The van der Waals surface area contributed by atoms with Crippen LogP contribution in [0, 0.1) is 5.82 Å². The first-order valence-corrected chi connectivity index (χ1v) is 6.69. The number of hydrogen-bond donors (Lipinski definition) is 3. The summed E-state index contributed by atoms with van der Waals surface area (Å²) in [5.74, 6) is -0.445. The van der Waals surface area contributed by atoms with Gasteiger partial charge in [0.2, 0.25) is 0 Å². The molecule has 0 radical (unpaired) electrons.